The normalized spacial score (nSPS) is 23.5. The Morgan fingerprint density at radius 2 is 1.95 bits per heavy atom. The first kappa shape index (κ1) is 12.3. The smallest absolute Gasteiger partial charge is 0.307 e. The molecule has 0 bridgehead atoms. The van der Waals surface area contributed by atoms with Gasteiger partial charge in [-0.3, -0.25) is 10.2 Å². The first-order valence-corrected chi connectivity index (χ1v) is 6.91. The van der Waals surface area contributed by atoms with Crippen molar-refractivity contribution in [2.75, 3.05) is 18.4 Å². The lowest BCUT2D eigenvalue weighted by Crippen LogP contribution is -2.56. The van der Waals surface area contributed by atoms with E-state index in [4.69, 9.17) is 0 Å². The molecule has 1 fully saturated rings. The van der Waals surface area contributed by atoms with Gasteiger partial charge in [-0.2, -0.15) is 0 Å². The molecular weight excluding hydrogens is 269 g/mol. The number of rotatable bonds is 1. The molecule has 4 nitrogen and oxygen atoms in total. The number of anilines is 1. The SMILES string of the molecule is O=C1Nc2ccc(F)cc2C2(c3ccccc3)NCCN12. The Morgan fingerprint density at radius 3 is 2.76 bits per heavy atom. The summed E-state index contributed by atoms with van der Waals surface area (Å²) in [5, 5.41) is 6.23. The van der Waals surface area contributed by atoms with Gasteiger partial charge in [-0.25, -0.2) is 9.18 Å². The Hall–Kier alpha value is -2.40. The molecule has 2 amide bonds. The van der Waals surface area contributed by atoms with E-state index in [-0.39, 0.29) is 11.8 Å². The lowest BCUT2D eigenvalue weighted by molar-refractivity contribution is 0.165. The summed E-state index contributed by atoms with van der Waals surface area (Å²) in [4.78, 5) is 14.1. The van der Waals surface area contributed by atoms with Crippen LogP contribution in [-0.4, -0.2) is 24.0 Å². The summed E-state index contributed by atoms with van der Waals surface area (Å²) < 4.78 is 13.8. The summed E-state index contributed by atoms with van der Waals surface area (Å²) >= 11 is 0. The van der Waals surface area contributed by atoms with Gasteiger partial charge in [0.2, 0.25) is 0 Å². The van der Waals surface area contributed by atoms with Crippen LogP contribution in [0.25, 0.3) is 0 Å². The summed E-state index contributed by atoms with van der Waals surface area (Å²) in [6.45, 7) is 1.24. The molecule has 1 unspecified atom stereocenters. The van der Waals surface area contributed by atoms with Crippen LogP contribution in [0.4, 0.5) is 14.9 Å². The lowest BCUT2D eigenvalue weighted by Gasteiger charge is -2.43. The van der Waals surface area contributed by atoms with E-state index in [1.165, 1.54) is 12.1 Å². The molecule has 2 N–H and O–H groups in total. The maximum Gasteiger partial charge on any atom is 0.323 e. The van der Waals surface area contributed by atoms with E-state index < -0.39 is 5.66 Å². The van der Waals surface area contributed by atoms with Crippen LogP contribution in [0.3, 0.4) is 0 Å². The van der Waals surface area contributed by atoms with Crippen molar-refractivity contribution < 1.29 is 9.18 Å². The number of halogens is 1. The molecule has 106 valence electrons. The number of carbonyl (C=O) groups is 1. The van der Waals surface area contributed by atoms with Gasteiger partial charge in [0.15, 0.2) is 0 Å². The highest BCUT2D eigenvalue weighted by Gasteiger charge is 2.50. The van der Waals surface area contributed by atoms with Gasteiger partial charge in [-0.05, 0) is 23.8 Å². The number of fused-ring (bicyclic) bond motifs is 3. The molecule has 2 aromatic rings. The molecule has 0 spiro atoms. The van der Waals surface area contributed by atoms with Crippen LogP contribution in [0, 0.1) is 5.82 Å². The summed E-state index contributed by atoms with van der Waals surface area (Å²) in [6, 6.07) is 14.0. The van der Waals surface area contributed by atoms with E-state index in [0.29, 0.717) is 18.8 Å². The highest BCUT2D eigenvalue weighted by atomic mass is 19.1. The average molecular weight is 283 g/mol. The zero-order valence-corrected chi connectivity index (χ0v) is 11.3. The molecule has 21 heavy (non-hydrogen) atoms. The monoisotopic (exact) mass is 283 g/mol. The number of hydrogen-bond acceptors (Lipinski definition) is 2. The second kappa shape index (κ2) is 4.30. The third-order valence-electron chi connectivity index (χ3n) is 4.17. The molecule has 0 saturated carbocycles. The summed E-state index contributed by atoms with van der Waals surface area (Å²) in [5.41, 5.74) is 1.53. The van der Waals surface area contributed by atoms with Crippen molar-refractivity contribution in [3.8, 4) is 0 Å². The van der Waals surface area contributed by atoms with E-state index in [2.05, 4.69) is 10.6 Å². The topological polar surface area (TPSA) is 44.4 Å². The van der Waals surface area contributed by atoms with Crippen molar-refractivity contribution in [1.82, 2.24) is 10.2 Å². The van der Waals surface area contributed by atoms with Crippen molar-refractivity contribution in [3.05, 3.63) is 65.5 Å². The van der Waals surface area contributed by atoms with E-state index in [1.807, 2.05) is 30.3 Å². The van der Waals surface area contributed by atoms with Crippen LogP contribution >= 0.6 is 0 Å². The minimum absolute atomic E-state index is 0.164. The number of nitrogens with one attached hydrogen (secondary N) is 2. The maximum atomic E-state index is 13.8. The average Bonchev–Trinajstić information content (AvgIpc) is 2.96. The molecule has 2 heterocycles. The minimum Gasteiger partial charge on any atom is -0.307 e. The second-order valence-electron chi connectivity index (χ2n) is 5.27. The Kier molecular flexibility index (Phi) is 2.53. The Labute approximate surface area is 121 Å². The van der Waals surface area contributed by atoms with Crippen LogP contribution in [0.1, 0.15) is 11.1 Å². The largest absolute Gasteiger partial charge is 0.323 e. The number of nitrogens with zero attached hydrogens (tertiary/aromatic N) is 1. The van der Waals surface area contributed by atoms with Crippen LogP contribution in [-0.2, 0) is 5.66 Å². The standard InChI is InChI=1S/C16H14FN3O/c17-12-6-7-14-13(10-12)16(11-4-2-1-3-5-11)18-8-9-20(16)15(21)19-14/h1-7,10,18H,8-9H2,(H,19,21). The van der Waals surface area contributed by atoms with Gasteiger partial charge in [0, 0.05) is 24.3 Å². The fraction of sp³-hybridized carbons (Fsp3) is 0.188. The molecule has 2 aromatic carbocycles. The van der Waals surface area contributed by atoms with E-state index in [1.54, 1.807) is 11.0 Å². The number of amides is 2. The van der Waals surface area contributed by atoms with Gasteiger partial charge < -0.3 is 5.32 Å². The Bertz CT molecular complexity index is 719. The van der Waals surface area contributed by atoms with Crippen LogP contribution in [0.2, 0.25) is 0 Å². The van der Waals surface area contributed by atoms with Crippen molar-refractivity contribution >= 4 is 11.7 Å². The number of urea groups is 1. The number of carbonyl (C=O) groups excluding carboxylic acids is 1. The maximum absolute atomic E-state index is 13.8. The quantitative estimate of drug-likeness (QED) is 0.844. The van der Waals surface area contributed by atoms with E-state index >= 15 is 0 Å². The minimum atomic E-state index is -0.791. The van der Waals surface area contributed by atoms with Crippen molar-refractivity contribution in [2.45, 2.75) is 5.66 Å². The second-order valence-corrected chi connectivity index (χ2v) is 5.27. The molecule has 1 atom stereocenters. The van der Waals surface area contributed by atoms with Crippen molar-refractivity contribution in [1.29, 1.82) is 0 Å². The van der Waals surface area contributed by atoms with Gasteiger partial charge in [0.25, 0.3) is 0 Å². The zero-order valence-electron chi connectivity index (χ0n) is 11.3. The molecule has 2 aliphatic heterocycles. The third kappa shape index (κ3) is 1.61. The van der Waals surface area contributed by atoms with Gasteiger partial charge in [0.1, 0.15) is 11.5 Å². The number of benzene rings is 2. The Morgan fingerprint density at radius 1 is 1.14 bits per heavy atom. The molecule has 4 rings (SSSR count). The summed E-state index contributed by atoms with van der Waals surface area (Å²) in [6.07, 6.45) is 0. The van der Waals surface area contributed by atoms with Crippen LogP contribution in [0.15, 0.2) is 48.5 Å². The van der Waals surface area contributed by atoms with E-state index in [9.17, 15) is 9.18 Å². The molecule has 2 aliphatic rings. The van der Waals surface area contributed by atoms with Gasteiger partial charge in [-0.1, -0.05) is 30.3 Å². The predicted octanol–water partition coefficient (Wildman–Crippen LogP) is 2.48. The lowest BCUT2D eigenvalue weighted by atomic mass is 9.87. The summed E-state index contributed by atoms with van der Waals surface area (Å²) in [5.74, 6) is -0.311. The first-order valence-electron chi connectivity index (χ1n) is 6.91. The number of hydrogen-bond donors (Lipinski definition) is 2. The molecule has 0 aromatic heterocycles. The van der Waals surface area contributed by atoms with E-state index in [0.717, 1.165) is 11.1 Å². The van der Waals surface area contributed by atoms with Crippen molar-refractivity contribution in [2.24, 2.45) is 0 Å². The molecule has 0 aliphatic carbocycles. The van der Waals surface area contributed by atoms with Crippen LogP contribution < -0.4 is 10.6 Å². The highest BCUT2D eigenvalue weighted by molar-refractivity contribution is 5.94. The zero-order chi connectivity index (χ0) is 14.4. The molecule has 1 saturated heterocycles. The van der Waals surface area contributed by atoms with Gasteiger partial charge in [0.05, 0.1) is 0 Å². The van der Waals surface area contributed by atoms with Crippen molar-refractivity contribution in [3.63, 3.8) is 0 Å². The predicted molar refractivity (Wildman–Crippen MR) is 77.3 cm³/mol. The summed E-state index contributed by atoms with van der Waals surface area (Å²) in [7, 11) is 0. The first-order chi connectivity index (χ1) is 10.2. The van der Waals surface area contributed by atoms with Gasteiger partial charge in [-0.15, -0.1) is 0 Å². The van der Waals surface area contributed by atoms with Gasteiger partial charge >= 0.3 is 6.03 Å². The highest BCUT2D eigenvalue weighted by Crippen LogP contribution is 2.43. The third-order valence-corrected chi connectivity index (χ3v) is 4.17. The Balaban J connectivity index is 2.02. The molecule has 0 radical (unpaired) electrons. The fourth-order valence-electron chi connectivity index (χ4n) is 3.31. The molecule has 5 heteroatoms. The van der Waals surface area contributed by atoms with Crippen LogP contribution in [0.5, 0.6) is 0 Å². The fourth-order valence-corrected chi connectivity index (χ4v) is 3.31. The molecular formula is C16H14FN3O.